The predicted molar refractivity (Wildman–Crippen MR) is 86.9 cm³/mol. The maximum absolute atomic E-state index is 12.3. The highest BCUT2D eigenvalue weighted by molar-refractivity contribution is 7.99. The minimum Gasteiger partial charge on any atom is -0.368 e. The average molecular weight is 318 g/mol. The van der Waals surface area contributed by atoms with Gasteiger partial charge in [-0.25, -0.2) is 0 Å². The molecule has 2 aromatic rings. The van der Waals surface area contributed by atoms with E-state index < -0.39 is 0 Å². The maximum Gasteiger partial charge on any atom is 0.233 e. The van der Waals surface area contributed by atoms with Crippen molar-refractivity contribution in [3.63, 3.8) is 0 Å². The largest absolute Gasteiger partial charge is 0.368 e. The second kappa shape index (κ2) is 7.60. The van der Waals surface area contributed by atoms with Crippen LogP contribution in [0.4, 0.5) is 11.9 Å². The molecule has 0 unspecified atom stereocenters. The lowest BCUT2D eigenvalue weighted by atomic mass is 10.2. The van der Waals surface area contributed by atoms with Gasteiger partial charge >= 0.3 is 0 Å². The van der Waals surface area contributed by atoms with Crippen LogP contribution in [0.3, 0.4) is 0 Å². The minimum absolute atomic E-state index is 0.00825. The van der Waals surface area contributed by atoms with E-state index in [9.17, 15) is 4.79 Å². The number of aromatic nitrogens is 3. The maximum atomic E-state index is 12.3. The molecule has 1 amide bonds. The van der Waals surface area contributed by atoms with Crippen molar-refractivity contribution >= 4 is 29.6 Å². The predicted octanol–water partition coefficient (Wildman–Crippen LogP) is 1.18. The number of rotatable bonds is 6. The number of carbonyl (C=O) groups is 1. The van der Waals surface area contributed by atoms with Gasteiger partial charge in [-0.3, -0.25) is 4.79 Å². The molecule has 2 rings (SSSR count). The number of nitrogen functional groups attached to an aromatic ring is 2. The van der Waals surface area contributed by atoms with Crippen LogP contribution in [0.15, 0.2) is 35.5 Å². The summed E-state index contributed by atoms with van der Waals surface area (Å²) in [4.78, 5) is 25.6. The zero-order chi connectivity index (χ0) is 15.9. The Kier molecular flexibility index (Phi) is 5.54. The number of anilines is 2. The van der Waals surface area contributed by atoms with Gasteiger partial charge in [0.2, 0.25) is 17.8 Å². The number of thioether (sulfide) groups is 1. The molecule has 22 heavy (non-hydrogen) atoms. The summed E-state index contributed by atoms with van der Waals surface area (Å²) in [6, 6.07) is 9.86. The molecule has 0 aliphatic heterocycles. The van der Waals surface area contributed by atoms with Gasteiger partial charge in [0.05, 0.1) is 5.75 Å². The first-order valence-electron chi connectivity index (χ1n) is 6.80. The summed E-state index contributed by atoms with van der Waals surface area (Å²) in [6.07, 6.45) is 0. The fraction of sp³-hybridized carbons (Fsp3) is 0.286. The number of nitrogens with two attached hydrogens (primary N) is 2. The Labute approximate surface area is 133 Å². The standard InChI is InChI=1S/C14H18N6OS/c1-2-20(8-10-6-4-3-5-7-10)11(21)9-22-14-18-12(15)17-13(16)19-14/h3-7H,2,8-9H2,1H3,(H4,15,16,17,18,19). The van der Waals surface area contributed by atoms with Crippen molar-refractivity contribution in [3.05, 3.63) is 35.9 Å². The van der Waals surface area contributed by atoms with E-state index in [1.165, 1.54) is 11.8 Å². The van der Waals surface area contributed by atoms with Gasteiger partial charge in [0.25, 0.3) is 0 Å². The van der Waals surface area contributed by atoms with Crippen molar-refractivity contribution in [3.8, 4) is 0 Å². The molecule has 4 N–H and O–H groups in total. The Balaban J connectivity index is 1.94. The monoisotopic (exact) mass is 318 g/mol. The van der Waals surface area contributed by atoms with Gasteiger partial charge in [0, 0.05) is 13.1 Å². The second-order valence-electron chi connectivity index (χ2n) is 4.52. The molecule has 0 atom stereocenters. The third-order valence-electron chi connectivity index (χ3n) is 2.92. The van der Waals surface area contributed by atoms with Crippen molar-refractivity contribution in [1.29, 1.82) is 0 Å². The molecule has 0 saturated carbocycles. The van der Waals surface area contributed by atoms with Crippen LogP contribution in [-0.2, 0) is 11.3 Å². The van der Waals surface area contributed by atoms with Gasteiger partial charge < -0.3 is 16.4 Å². The molecular weight excluding hydrogens is 300 g/mol. The lowest BCUT2D eigenvalue weighted by Gasteiger charge is -2.20. The number of hydrogen-bond acceptors (Lipinski definition) is 7. The number of carbonyl (C=O) groups excluding carboxylic acids is 1. The zero-order valence-corrected chi connectivity index (χ0v) is 13.1. The molecule has 0 aliphatic rings. The third-order valence-corrected chi connectivity index (χ3v) is 3.76. The Bertz CT molecular complexity index is 616. The molecule has 0 aliphatic carbocycles. The molecule has 7 nitrogen and oxygen atoms in total. The first-order valence-corrected chi connectivity index (χ1v) is 7.78. The molecule has 0 radical (unpaired) electrons. The summed E-state index contributed by atoms with van der Waals surface area (Å²) in [5.74, 6) is 0.343. The highest BCUT2D eigenvalue weighted by Gasteiger charge is 2.14. The zero-order valence-electron chi connectivity index (χ0n) is 12.3. The van der Waals surface area contributed by atoms with Gasteiger partial charge in [-0.2, -0.15) is 15.0 Å². The van der Waals surface area contributed by atoms with Gasteiger partial charge in [0.15, 0.2) is 5.16 Å². The minimum atomic E-state index is 0.00825. The topological polar surface area (TPSA) is 111 Å². The molecule has 0 saturated heterocycles. The highest BCUT2D eigenvalue weighted by Crippen LogP contribution is 2.16. The first-order chi connectivity index (χ1) is 10.6. The molecule has 116 valence electrons. The summed E-state index contributed by atoms with van der Waals surface area (Å²) < 4.78 is 0. The molecule has 0 spiro atoms. The SMILES string of the molecule is CCN(Cc1ccccc1)C(=O)CSc1nc(N)nc(N)n1. The van der Waals surface area contributed by atoms with Gasteiger partial charge in [-0.15, -0.1) is 0 Å². The van der Waals surface area contributed by atoms with E-state index in [-0.39, 0.29) is 23.6 Å². The van der Waals surface area contributed by atoms with E-state index in [0.29, 0.717) is 18.2 Å². The third kappa shape index (κ3) is 4.59. The van der Waals surface area contributed by atoms with Crippen molar-refractivity contribution in [2.45, 2.75) is 18.6 Å². The number of nitrogens with zero attached hydrogens (tertiary/aromatic N) is 4. The van der Waals surface area contributed by atoms with Crippen LogP contribution in [0.5, 0.6) is 0 Å². The van der Waals surface area contributed by atoms with E-state index >= 15 is 0 Å². The molecular formula is C14H18N6OS. The van der Waals surface area contributed by atoms with E-state index in [4.69, 9.17) is 11.5 Å². The number of benzene rings is 1. The molecule has 8 heteroatoms. The summed E-state index contributed by atoms with van der Waals surface area (Å²) in [7, 11) is 0. The summed E-state index contributed by atoms with van der Waals surface area (Å²) in [5, 5.41) is 0.356. The normalized spacial score (nSPS) is 10.4. The second-order valence-corrected chi connectivity index (χ2v) is 5.46. The molecule has 0 bridgehead atoms. The Hall–Kier alpha value is -2.35. The number of amides is 1. The van der Waals surface area contributed by atoms with Crippen LogP contribution in [-0.4, -0.2) is 38.1 Å². The van der Waals surface area contributed by atoms with Crippen molar-refractivity contribution < 1.29 is 4.79 Å². The van der Waals surface area contributed by atoms with E-state index in [1.807, 2.05) is 37.3 Å². The highest BCUT2D eigenvalue weighted by atomic mass is 32.2. The van der Waals surface area contributed by atoms with E-state index in [1.54, 1.807) is 4.90 Å². The lowest BCUT2D eigenvalue weighted by molar-refractivity contribution is -0.128. The average Bonchev–Trinajstić information content (AvgIpc) is 2.50. The summed E-state index contributed by atoms with van der Waals surface area (Å²) >= 11 is 1.20. The molecule has 1 aromatic heterocycles. The molecule has 1 aromatic carbocycles. The molecule has 0 fully saturated rings. The van der Waals surface area contributed by atoms with E-state index in [0.717, 1.165) is 5.56 Å². The first kappa shape index (κ1) is 16.0. The lowest BCUT2D eigenvalue weighted by Crippen LogP contribution is -2.31. The Morgan fingerprint density at radius 1 is 1.14 bits per heavy atom. The van der Waals surface area contributed by atoms with Crippen LogP contribution in [0, 0.1) is 0 Å². The van der Waals surface area contributed by atoms with Gasteiger partial charge in [0.1, 0.15) is 0 Å². The fourth-order valence-corrected chi connectivity index (χ4v) is 2.60. The van der Waals surface area contributed by atoms with Gasteiger partial charge in [-0.05, 0) is 12.5 Å². The van der Waals surface area contributed by atoms with Crippen LogP contribution < -0.4 is 11.5 Å². The van der Waals surface area contributed by atoms with Crippen molar-refractivity contribution in [1.82, 2.24) is 19.9 Å². The summed E-state index contributed by atoms with van der Waals surface area (Å²) in [5.41, 5.74) is 12.1. The van der Waals surface area contributed by atoms with Gasteiger partial charge in [-0.1, -0.05) is 42.1 Å². The Morgan fingerprint density at radius 3 is 2.36 bits per heavy atom. The van der Waals surface area contributed by atoms with Crippen LogP contribution in [0.2, 0.25) is 0 Å². The smallest absolute Gasteiger partial charge is 0.233 e. The Morgan fingerprint density at radius 2 is 1.77 bits per heavy atom. The number of hydrogen-bond donors (Lipinski definition) is 2. The van der Waals surface area contributed by atoms with E-state index in [2.05, 4.69) is 15.0 Å². The van der Waals surface area contributed by atoms with Crippen LogP contribution >= 0.6 is 11.8 Å². The van der Waals surface area contributed by atoms with Crippen molar-refractivity contribution in [2.24, 2.45) is 0 Å². The summed E-state index contributed by atoms with van der Waals surface area (Å²) in [6.45, 7) is 3.17. The molecule has 1 heterocycles. The quantitative estimate of drug-likeness (QED) is 0.769. The van der Waals surface area contributed by atoms with Crippen LogP contribution in [0.25, 0.3) is 0 Å². The fourth-order valence-electron chi connectivity index (χ4n) is 1.85. The van der Waals surface area contributed by atoms with Crippen LogP contribution in [0.1, 0.15) is 12.5 Å². The van der Waals surface area contributed by atoms with Crippen molar-refractivity contribution in [2.75, 3.05) is 23.8 Å².